The highest BCUT2D eigenvalue weighted by Gasteiger charge is 2.11. The van der Waals surface area contributed by atoms with Gasteiger partial charge in [0.2, 0.25) is 0 Å². The molecule has 18 heavy (non-hydrogen) atoms. The fourth-order valence-electron chi connectivity index (χ4n) is 1.99. The number of halogens is 2. The molecule has 1 aliphatic rings. The van der Waals surface area contributed by atoms with Crippen LogP contribution in [0, 0.1) is 0 Å². The van der Waals surface area contributed by atoms with Crippen LogP contribution in [-0.4, -0.2) is 29.4 Å². The average Bonchev–Trinajstić information content (AvgIpc) is 2.38. The zero-order chi connectivity index (χ0) is 11.9. The summed E-state index contributed by atoms with van der Waals surface area (Å²) in [6, 6.07) is 4.20. The molecule has 1 saturated heterocycles. The predicted molar refractivity (Wildman–Crippen MR) is 74.2 cm³/mol. The molecule has 1 aliphatic heterocycles. The zero-order valence-electron chi connectivity index (χ0n) is 10.3. The van der Waals surface area contributed by atoms with E-state index in [1.807, 2.05) is 6.07 Å². The first-order chi connectivity index (χ1) is 8.34. The third kappa shape index (κ3) is 5.48. The van der Waals surface area contributed by atoms with Gasteiger partial charge in [-0.1, -0.05) is 18.0 Å². The second-order valence-electron chi connectivity index (χ2n) is 4.34. The van der Waals surface area contributed by atoms with E-state index < -0.39 is 0 Å². The van der Waals surface area contributed by atoms with E-state index >= 15 is 0 Å². The minimum absolute atomic E-state index is 0. The zero-order valence-corrected chi connectivity index (χ0v) is 11.8. The Morgan fingerprint density at radius 3 is 2.89 bits per heavy atom. The van der Waals surface area contributed by atoms with E-state index in [9.17, 15) is 0 Å². The highest BCUT2D eigenvalue weighted by molar-refractivity contribution is 6.29. The van der Waals surface area contributed by atoms with Crippen LogP contribution >= 0.6 is 24.0 Å². The SMILES string of the molecule is Cl.Clc1ccc(COCCC2CCCCN2)nn1. The first kappa shape index (κ1) is 15.6. The van der Waals surface area contributed by atoms with E-state index in [4.69, 9.17) is 16.3 Å². The summed E-state index contributed by atoms with van der Waals surface area (Å²) in [7, 11) is 0. The third-order valence-corrected chi connectivity index (χ3v) is 3.16. The molecule has 1 fully saturated rings. The maximum Gasteiger partial charge on any atom is 0.151 e. The molecule has 4 nitrogen and oxygen atoms in total. The molecule has 0 spiro atoms. The Morgan fingerprint density at radius 2 is 2.22 bits per heavy atom. The van der Waals surface area contributed by atoms with Crippen LogP contribution in [0.25, 0.3) is 0 Å². The molecule has 0 saturated carbocycles. The number of nitrogens with zero attached hydrogens (tertiary/aromatic N) is 2. The van der Waals surface area contributed by atoms with Crippen LogP contribution in [0.5, 0.6) is 0 Å². The van der Waals surface area contributed by atoms with E-state index in [0.29, 0.717) is 17.8 Å². The number of rotatable bonds is 5. The van der Waals surface area contributed by atoms with Gasteiger partial charge in [0, 0.05) is 12.6 Å². The highest BCUT2D eigenvalue weighted by Crippen LogP contribution is 2.10. The number of nitrogens with one attached hydrogen (secondary N) is 1. The molecule has 0 radical (unpaired) electrons. The van der Waals surface area contributed by atoms with Crippen molar-refractivity contribution in [2.24, 2.45) is 0 Å². The maximum absolute atomic E-state index is 5.65. The smallest absolute Gasteiger partial charge is 0.151 e. The topological polar surface area (TPSA) is 47.0 Å². The van der Waals surface area contributed by atoms with Crippen molar-refractivity contribution < 1.29 is 4.74 Å². The lowest BCUT2D eigenvalue weighted by molar-refractivity contribution is 0.105. The van der Waals surface area contributed by atoms with Gasteiger partial charge >= 0.3 is 0 Å². The van der Waals surface area contributed by atoms with E-state index in [2.05, 4.69) is 15.5 Å². The Bertz CT molecular complexity index is 329. The van der Waals surface area contributed by atoms with Crippen molar-refractivity contribution in [3.05, 3.63) is 23.0 Å². The van der Waals surface area contributed by atoms with E-state index in [-0.39, 0.29) is 12.4 Å². The van der Waals surface area contributed by atoms with Crippen LogP contribution in [0.1, 0.15) is 31.4 Å². The molecule has 0 aromatic carbocycles. The van der Waals surface area contributed by atoms with E-state index in [1.54, 1.807) is 6.07 Å². The van der Waals surface area contributed by atoms with Crippen molar-refractivity contribution in [2.45, 2.75) is 38.3 Å². The second-order valence-corrected chi connectivity index (χ2v) is 4.72. The van der Waals surface area contributed by atoms with Crippen molar-refractivity contribution >= 4 is 24.0 Å². The Morgan fingerprint density at radius 1 is 1.33 bits per heavy atom. The third-order valence-electron chi connectivity index (χ3n) is 2.96. The fraction of sp³-hybridized carbons (Fsp3) is 0.667. The Kier molecular flexibility index (Phi) is 7.51. The van der Waals surface area contributed by atoms with Crippen LogP contribution in [0.3, 0.4) is 0 Å². The lowest BCUT2D eigenvalue weighted by Gasteiger charge is -2.23. The summed E-state index contributed by atoms with van der Waals surface area (Å²) in [6.45, 7) is 2.42. The molecule has 1 aromatic rings. The molecule has 1 N–H and O–H groups in total. The summed E-state index contributed by atoms with van der Waals surface area (Å²) in [5.74, 6) is 0. The number of hydrogen-bond acceptors (Lipinski definition) is 4. The van der Waals surface area contributed by atoms with Crippen molar-refractivity contribution in [3.63, 3.8) is 0 Å². The number of aromatic nitrogens is 2. The summed E-state index contributed by atoms with van der Waals surface area (Å²) >= 11 is 5.65. The number of ether oxygens (including phenoxy) is 1. The molecule has 0 bridgehead atoms. The van der Waals surface area contributed by atoms with Gasteiger partial charge in [-0.2, -0.15) is 5.10 Å². The summed E-state index contributed by atoms with van der Waals surface area (Å²) < 4.78 is 5.58. The molecule has 1 aromatic heterocycles. The molecular weight excluding hydrogens is 273 g/mol. The van der Waals surface area contributed by atoms with Crippen molar-refractivity contribution in [2.75, 3.05) is 13.2 Å². The summed E-state index contributed by atoms with van der Waals surface area (Å²) in [4.78, 5) is 0. The summed E-state index contributed by atoms with van der Waals surface area (Å²) in [6.07, 6.45) is 4.98. The van der Waals surface area contributed by atoms with E-state index in [0.717, 1.165) is 25.3 Å². The fourth-order valence-corrected chi connectivity index (χ4v) is 2.09. The van der Waals surface area contributed by atoms with Gasteiger partial charge < -0.3 is 10.1 Å². The molecule has 1 unspecified atom stereocenters. The van der Waals surface area contributed by atoms with Gasteiger partial charge in [-0.15, -0.1) is 17.5 Å². The van der Waals surface area contributed by atoms with Gasteiger partial charge in [-0.25, -0.2) is 0 Å². The van der Waals surface area contributed by atoms with Gasteiger partial charge in [-0.05, 0) is 37.9 Å². The van der Waals surface area contributed by atoms with Crippen LogP contribution in [0.15, 0.2) is 12.1 Å². The molecule has 0 aliphatic carbocycles. The van der Waals surface area contributed by atoms with Gasteiger partial charge in [0.1, 0.15) is 0 Å². The highest BCUT2D eigenvalue weighted by atomic mass is 35.5. The first-order valence-corrected chi connectivity index (χ1v) is 6.51. The standard InChI is InChI=1S/C12H18ClN3O.ClH/c13-12-5-4-11(15-16-12)9-17-8-6-10-3-1-2-7-14-10;/h4-5,10,14H,1-3,6-9H2;1H. The number of piperidine rings is 1. The largest absolute Gasteiger partial charge is 0.375 e. The van der Waals surface area contributed by atoms with Crippen LogP contribution in [-0.2, 0) is 11.3 Å². The second kappa shape index (κ2) is 8.64. The monoisotopic (exact) mass is 291 g/mol. The van der Waals surface area contributed by atoms with Gasteiger partial charge in [0.05, 0.1) is 12.3 Å². The Hall–Kier alpha value is -0.420. The van der Waals surface area contributed by atoms with Crippen molar-refractivity contribution in [1.29, 1.82) is 0 Å². The quantitative estimate of drug-likeness (QED) is 0.847. The predicted octanol–water partition coefficient (Wildman–Crippen LogP) is 2.60. The van der Waals surface area contributed by atoms with Crippen molar-refractivity contribution in [3.8, 4) is 0 Å². The summed E-state index contributed by atoms with van der Waals surface area (Å²) in [5, 5.41) is 11.6. The van der Waals surface area contributed by atoms with Crippen LogP contribution in [0.4, 0.5) is 0 Å². The molecule has 6 heteroatoms. The minimum atomic E-state index is 0. The van der Waals surface area contributed by atoms with Crippen LogP contribution < -0.4 is 5.32 Å². The number of hydrogen-bond donors (Lipinski definition) is 1. The Balaban J connectivity index is 0.00000162. The first-order valence-electron chi connectivity index (χ1n) is 6.14. The van der Waals surface area contributed by atoms with Gasteiger partial charge in [0.15, 0.2) is 5.15 Å². The van der Waals surface area contributed by atoms with E-state index in [1.165, 1.54) is 19.3 Å². The molecular formula is C12H19Cl2N3O. The van der Waals surface area contributed by atoms with Crippen LogP contribution in [0.2, 0.25) is 5.15 Å². The lowest BCUT2D eigenvalue weighted by Crippen LogP contribution is -2.34. The average molecular weight is 292 g/mol. The molecule has 1 atom stereocenters. The van der Waals surface area contributed by atoms with Gasteiger partial charge in [-0.3, -0.25) is 0 Å². The summed E-state index contributed by atoms with van der Waals surface area (Å²) in [5.41, 5.74) is 0.825. The molecule has 102 valence electrons. The lowest BCUT2D eigenvalue weighted by atomic mass is 10.0. The molecule has 2 heterocycles. The molecule has 0 amide bonds. The minimum Gasteiger partial charge on any atom is -0.375 e. The normalized spacial score (nSPS) is 19.3. The molecule has 2 rings (SSSR count). The maximum atomic E-state index is 5.65. The Labute approximate surface area is 119 Å². The van der Waals surface area contributed by atoms with Gasteiger partial charge in [0.25, 0.3) is 0 Å². The van der Waals surface area contributed by atoms with Crippen molar-refractivity contribution in [1.82, 2.24) is 15.5 Å².